The second-order valence-electron chi connectivity index (χ2n) is 4.23. The van der Waals surface area contributed by atoms with Crippen LogP contribution in [-0.4, -0.2) is 25.4 Å². The van der Waals surface area contributed by atoms with Crippen LogP contribution in [0.5, 0.6) is 0 Å². The molecule has 5 heteroatoms. The smallest absolute Gasteiger partial charge is 0.0940 e. The first-order valence-electron chi connectivity index (χ1n) is 6.03. The third-order valence-corrected chi connectivity index (χ3v) is 4.23. The van der Waals surface area contributed by atoms with Gasteiger partial charge in [0.05, 0.1) is 11.6 Å². The largest absolute Gasteiger partial charge is 0.381 e. The lowest BCUT2D eigenvalue weighted by Gasteiger charge is -2.42. The minimum absolute atomic E-state index is 0.0475. The Labute approximate surface area is 106 Å². The minimum atomic E-state index is -0.230. The topological polar surface area (TPSA) is 56.5 Å². The first kappa shape index (κ1) is 13.0. The molecule has 0 radical (unpaired) electrons. The standard InChI is InChI=1S/C12H20N2O2S/c1-2-16-12(5-7-15-8-6-12)11(14-13)10-4-3-9-17-10/h3-4,9,11,14H,2,5-8,13H2,1H3. The van der Waals surface area contributed by atoms with Gasteiger partial charge >= 0.3 is 0 Å². The van der Waals surface area contributed by atoms with Gasteiger partial charge in [-0.2, -0.15) is 0 Å². The third-order valence-electron chi connectivity index (χ3n) is 3.29. The fourth-order valence-electron chi connectivity index (χ4n) is 2.47. The Kier molecular flexibility index (Phi) is 4.53. The maximum absolute atomic E-state index is 6.03. The normalized spacial score (nSPS) is 21.3. The molecule has 1 fully saturated rings. The molecule has 0 aromatic carbocycles. The van der Waals surface area contributed by atoms with E-state index >= 15 is 0 Å². The van der Waals surface area contributed by atoms with Crippen molar-refractivity contribution in [3.63, 3.8) is 0 Å². The molecular formula is C12H20N2O2S. The molecule has 2 rings (SSSR count). The molecule has 0 aliphatic carbocycles. The summed E-state index contributed by atoms with van der Waals surface area (Å²) in [5.74, 6) is 5.75. The van der Waals surface area contributed by atoms with Gasteiger partial charge in [0.1, 0.15) is 0 Å². The van der Waals surface area contributed by atoms with Crippen LogP contribution in [0.3, 0.4) is 0 Å². The molecule has 1 aromatic heterocycles. The van der Waals surface area contributed by atoms with E-state index in [1.165, 1.54) is 4.88 Å². The molecule has 1 saturated heterocycles. The number of hydrogen-bond donors (Lipinski definition) is 2. The number of nitrogens with one attached hydrogen (secondary N) is 1. The summed E-state index contributed by atoms with van der Waals surface area (Å²) in [6.07, 6.45) is 1.77. The van der Waals surface area contributed by atoms with Crippen molar-refractivity contribution in [3.8, 4) is 0 Å². The van der Waals surface area contributed by atoms with Crippen molar-refractivity contribution in [2.24, 2.45) is 5.84 Å². The maximum atomic E-state index is 6.03. The second-order valence-corrected chi connectivity index (χ2v) is 5.20. The summed E-state index contributed by atoms with van der Waals surface area (Å²) in [5.41, 5.74) is 2.70. The molecular weight excluding hydrogens is 236 g/mol. The van der Waals surface area contributed by atoms with Crippen LogP contribution in [0.4, 0.5) is 0 Å². The molecule has 0 spiro atoms. The van der Waals surface area contributed by atoms with Crippen molar-refractivity contribution in [1.82, 2.24) is 5.43 Å². The van der Waals surface area contributed by atoms with Gasteiger partial charge in [0, 0.05) is 37.5 Å². The zero-order chi connectivity index (χ0) is 12.1. The average Bonchev–Trinajstić information content (AvgIpc) is 2.85. The highest BCUT2D eigenvalue weighted by Gasteiger charge is 2.42. The van der Waals surface area contributed by atoms with Crippen molar-refractivity contribution in [1.29, 1.82) is 0 Å². The summed E-state index contributed by atoms with van der Waals surface area (Å²) >= 11 is 1.71. The summed E-state index contributed by atoms with van der Waals surface area (Å²) in [6.45, 7) is 4.20. The Balaban J connectivity index is 2.23. The van der Waals surface area contributed by atoms with E-state index in [-0.39, 0.29) is 11.6 Å². The van der Waals surface area contributed by atoms with Gasteiger partial charge in [-0.15, -0.1) is 11.3 Å². The molecule has 1 atom stereocenters. The molecule has 96 valence electrons. The van der Waals surface area contributed by atoms with E-state index in [9.17, 15) is 0 Å². The Bertz CT molecular complexity index is 318. The maximum Gasteiger partial charge on any atom is 0.0940 e. The van der Waals surface area contributed by atoms with E-state index in [4.69, 9.17) is 15.3 Å². The molecule has 0 amide bonds. The number of hydrazine groups is 1. The predicted molar refractivity (Wildman–Crippen MR) is 68.8 cm³/mol. The second kappa shape index (κ2) is 5.93. The van der Waals surface area contributed by atoms with E-state index in [1.54, 1.807) is 11.3 Å². The average molecular weight is 256 g/mol. The Morgan fingerprint density at radius 2 is 2.35 bits per heavy atom. The van der Waals surface area contributed by atoms with E-state index in [0.29, 0.717) is 6.61 Å². The quantitative estimate of drug-likeness (QED) is 0.623. The number of hydrogen-bond acceptors (Lipinski definition) is 5. The van der Waals surface area contributed by atoms with Crippen LogP contribution >= 0.6 is 11.3 Å². The molecule has 1 aromatic rings. The number of rotatable bonds is 5. The fraction of sp³-hybridized carbons (Fsp3) is 0.667. The third kappa shape index (κ3) is 2.69. The predicted octanol–water partition coefficient (Wildman–Crippen LogP) is 1.84. The van der Waals surface area contributed by atoms with Crippen LogP contribution in [-0.2, 0) is 9.47 Å². The zero-order valence-corrected chi connectivity index (χ0v) is 11.0. The van der Waals surface area contributed by atoms with E-state index in [1.807, 2.05) is 13.0 Å². The van der Waals surface area contributed by atoms with Crippen LogP contribution in [0.2, 0.25) is 0 Å². The molecule has 4 nitrogen and oxygen atoms in total. The van der Waals surface area contributed by atoms with Crippen LogP contribution in [0, 0.1) is 0 Å². The Morgan fingerprint density at radius 3 is 2.88 bits per heavy atom. The van der Waals surface area contributed by atoms with Gasteiger partial charge in [-0.1, -0.05) is 6.07 Å². The summed E-state index contributed by atoms with van der Waals surface area (Å²) in [6, 6.07) is 4.20. The summed E-state index contributed by atoms with van der Waals surface area (Å²) < 4.78 is 11.5. The highest BCUT2D eigenvalue weighted by atomic mass is 32.1. The Morgan fingerprint density at radius 1 is 1.59 bits per heavy atom. The summed E-state index contributed by atoms with van der Waals surface area (Å²) in [7, 11) is 0. The molecule has 1 aliphatic rings. The molecule has 0 saturated carbocycles. The van der Waals surface area contributed by atoms with Gasteiger partial charge < -0.3 is 9.47 Å². The molecule has 2 heterocycles. The molecule has 0 bridgehead atoms. The van der Waals surface area contributed by atoms with Crippen molar-refractivity contribution < 1.29 is 9.47 Å². The van der Waals surface area contributed by atoms with E-state index < -0.39 is 0 Å². The van der Waals surface area contributed by atoms with E-state index in [0.717, 1.165) is 26.1 Å². The van der Waals surface area contributed by atoms with Gasteiger partial charge in [0.15, 0.2) is 0 Å². The molecule has 3 N–H and O–H groups in total. The lowest BCUT2D eigenvalue weighted by Crippen LogP contribution is -2.51. The van der Waals surface area contributed by atoms with Crippen LogP contribution in [0.25, 0.3) is 0 Å². The highest BCUT2D eigenvalue weighted by molar-refractivity contribution is 7.10. The zero-order valence-electron chi connectivity index (χ0n) is 10.1. The monoisotopic (exact) mass is 256 g/mol. The SMILES string of the molecule is CCOC1(C(NN)c2cccs2)CCOCC1. The first-order chi connectivity index (χ1) is 8.32. The van der Waals surface area contributed by atoms with Gasteiger partial charge in [0.2, 0.25) is 0 Å². The number of nitrogens with two attached hydrogens (primary N) is 1. The molecule has 17 heavy (non-hydrogen) atoms. The lowest BCUT2D eigenvalue weighted by molar-refractivity contribution is -0.127. The van der Waals surface area contributed by atoms with Crippen LogP contribution < -0.4 is 11.3 Å². The summed E-state index contributed by atoms with van der Waals surface area (Å²) in [5, 5.41) is 2.07. The Hall–Kier alpha value is -0.460. The van der Waals surface area contributed by atoms with Gasteiger partial charge in [-0.3, -0.25) is 5.84 Å². The minimum Gasteiger partial charge on any atom is -0.381 e. The summed E-state index contributed by atoms with van der Waals surface area (Å²) in [4.78, 5) is 1.22. The molecule has 1 unspecified atom stereocenters. The lowest BCUT2D eigenvalue weighted by atomic mass is 9.85. The first-order valence-corrected chi connectivity index (χ1v) is 6.91. The van der Waals surface area contributed by atoms with E-state index in [2.05, 4.69) is 16.9 Å². The van der Waals surface area contributed by atoms with Crippen molar-refractivity contribution in [3.05, 3.63) is 22.4 Å². The number of thiophene rings is 1. The van der Waals surface area contributed by atoms with Gasteiger partial charge in [-0.25, -0.2) is 5.43 Å². The van der Waals surface area contributed by atoms with Crippen molar-refractivity contribution >= 4 is 11.3 Å². The van der Waals surface area contributed by atoms with Gasteiger partial charge in [0.25, 0.3) is 0 Å². The van der Waals surface area contributed by atoms with Crippen LogP contribution in [0.1, 0.15) is 30.7 Å². The van der Waals surface area contributed by atoms with Crippen molar-refractivity contribution in [2.45, 2.75) is 31.4 Å². The van der Waals surface area contributed by atoms with Crippen LogP contribution in [0.15, 0.2) is 17.5 Å². The highest BCUT2D eigenvalue weighted by Crippen LogP contribution is 2.38. The molecule has 1 aliphatic heterocycles. The van der Waals surface area contributed by atoms with Gasteiger partial charge in [-0.05, 0) is 18.4 Å². The fourth-order valence-corrected chi connectivity index (χ4v) is 3.36. The van der Waals surface area contributed by atoms with Crippen molar-refractivity contribution in [2.75, 3.05) is 19.8 Å². The number of ether oxygens (including phenoxy) is 2.